The third-order valence-electron chi connectivity index (χ3n) is 2.87. The van der Waals surface area contributed by atoms with Crippen molar-refractivity contribution in [1.29, 1.82) is 0 Å². The summed E-state index contributed by atoms with van der Waals surface area (Å²) < 4.78 is 5.07. The first-order chi connectivity index (χ1) is 9.94. The molecule has 1 heterocycles. The van der Waals surface area contributed by atoms with Crippen LogP contribution >= 0.6 is 12.6 Å². The highest BCUT2D eigenvalue weighted by molar-refractivity contribution is 7.80. The van der Waals surface area contributed by atoms with E-state index in [1.165, 1.54) is 6.92 Å². The lowest BCUT2D eigenvalue weighted by molar-refractivity contribution is -0.150. The van der Waals surface area contributed by atoms with E-state index < -0.39 is 6.23 Å². The smallest absolute Gasteiger partial charge is 0.308 e. The maximum atomic E-state index is 11.7. The number of esters is 1. The molecule has 2 N–H and O–H groups in total. The van der Waals surface area contributed by atoms with Gasteiger partial charge in [0.25, 0.3) is 0 Å². The highest BCUT2D eigenvalue weighted by atomic mass is 32.1. The number of hydrogen-bond donors (Lipinski definition) is 3. The van der Waals surface area contributed by atoms with Crippen LogP contribution in [-0.4, -0.2) is 28.1 Å². The van der Waals surface area contributed by atoms with Crippen molar-refractivity contribution in [2.24, 2.45) is 0 Å². The van der Waals surface area contributed by atoms with E-state index >= 15 is 0 Å². The number of ether oxygens (including phenoxy) is 1. The van der Waals surface area contributed by atoms with Gasteiger partial charge in [-0.05, 0) is 31.0 Å². The SMILES string of the molecule is CC(=O)NC(C)OC(=O)CCc1ccc2nc(S)[nH]c2c1. The molecule has 0 saturated carbocycles. The van der Waals surface area contributed by atoms with Gasteiger partial charge in [-0.25, -0.2) is 4.98 Å². The summed E-state index contributed by atoms with van der Waals surface area (Å²) >= 11 is 4.15. The van der Waals surface area contributed by atoms with Gasteiger partial charge in [0.1, 0.15) is 0 Å². The normalized spacial score (nSPS) is 12.1. The lowest BCUT2D eigenvalue weighted by atomic mass is 10.1. The van der Waals surface area contributed by atoms with Crippen molar-refractivity contribution in [2.75, 3.05) is 0 Å². The summed E-state index contributed by atoms with van der Waals surface area (Å²) in [5.41, 5.74) is 2.73. The first kappa shape index (κ1) is 15.4. The Morgan fingerprint density at radius 3 is 2.95 bits per heavy atom. The van der Waals surface area contributed by atoms with Crippen LogP contribution < -0.4 is 5.32 Å². The van der Waals surface area contributed by atoms with E-state index in [1.807, 2.05) is 18.2 Å². The molecule has 1 aromatic carbocycles. The zero-order chi connectivity index (χ0) is 15.4. The van der Waals surface area contributed by atoms with Gasteiger partial charge in [0.15, 0.2) is 11.4 Å². The standard InChI is InChI=1S/C14H17N3O3S/c1-8(18)15-9(2)20-13(19)6-4-10-3-5-11-12(7-10)17-14(21)16-11/h3,5,7,9H,4,6H2,1-2H3,(H,15,18)(H2,16,17,21). The highest BCUT2D eigenvalue weighted by Crippen LogP contribution is 2.16. The number of aryl methyl sites for hydroxylation is 1. The molecule has 21 heavy (non-hydrogen) atoms. The molecule has 0 bridgehead atoms. The first-order valence-electron chi connectivity index (χ1n) is 6.58. The van der Waals surface area contributed by atoms with Crippen LogP contribution in [0, 0.1) is 0 Å². The number of aromatic nitrogens is 2. The predicted molar refractivity (Wildman–Crippen MR) is 81.0 cm³/mol. The van der Waals surface area contributed by atoms with Crippen LogP contribution in [0.5, 0.6) is 0 Å². The molecule has 0 saturated heterocycles. The molecule has 0 aliphatic heterocycles. The van der Waals surface area contributed by atoms with Crippen LogP contribution in [0.2, 0.25) is 0 Å². The summed E-state index contributed by atoms with van der Waals surface area (Å²) in [5, 5.41) is 3.06. The number of hydrogen-bond acceptors (Lipinski definition) is 5. The number of rotatable bonds is 5. The van der Waals surface area contributed by atoms with Crippen molar-refractivity contribution in [2.45, 2.75) is 38.1 Å². The second-order valence-electron chi connectivity index (χ2n) is 4.74. The van der Waals surface area contributed by atoms with E-state index in [9.17, 15) is 9.59 Å². The van der Waals surface area contributed by atoms with Gasteiger partial charge in [-0.1, -0.05) is 6.07 Å². The maximum Gasteiger partial charge on any atom is 0.308 e. The molecule has 7 heteroatoms. The van der Waals surface area contributed by atoms with Crippen LogP contribution in [0.1, 0.15) is 25.8 Å². The summed E-state index contributed by atoms with van der Waals surface area (Å²) in [6.45, 7) is 2.99. The van der Waals surface area contributed by atoms with Gasteiger partial charge < -0.3 is 15.0 Å². The minimum Gasteiger partial charge on any atom is -0.442 e. The number of H-pyrrole nitrogens is 1. The molecule has 1 unspecified atom stereocenters. The molecule has 2 aromatic rings. The van der Waals surface area contributed by atoms with Gasteiger partial charge in [-0.3, -0.25) is 9.59 Å². The van der Waals surface area contributed by atoms with Crippen LogP contribution in [0.15, 0.2) is 23.4 Å². The Hall–Kier alpha value is -2.02. The average molecular weight is 307 g/mol. The fourth-order valence-corrected chi connectivity index (χ4v) is 2.25. The van der Waals surface area contributed by atoms with E-state index in [2.05, 4.69) is 27.9 Å². The Morgan fingerprint density at radius 2 is 2.24 bits per heavy atom. The molecule has 2 rings (SSSR count). The maximum absolute atomic E-state index is 11.7. The molecule has 0 radical (unpaired) electrons. The molecular formula is C14H17N3O3S. The summed E-state index contributed by atoms with van der Waals surface area (Å²) in [4.78, 5) is 29.7. The summed E-state index contributed by atoms with van der Waals surface area (Å²) in [7, 11) is 0. The fraction of sp³-hybridized carbons (Fsp3) is 0.357. The topological polar surface area (TPSA) is 84.1 Å². The van der Waals surface area contributed by atoms with E-state index in [1.54, 1.807) is 6.92 Å². The molecule has 112 valence electrons. The summed E-state index contributed by atoms with van der Waals surface area (Å²) in [5.74, 6) is -0.585. The Labute approximate surface area is 127 Å². The minimum absolute atomic E-state index is 0.234. The van der Waals surface area contributed by atoms with Crippen LogP contribution in [-0.2, 0) is 20.7 Å². The quantitative estimate of drug-likeness (QED) is 0.447. The van der Waals surface area contributed by atoms with Crippen LogP contribution in [0.3, 0.4) is 0 Å². The van der Waals surface area contributed by atoms with Gasteiger partial charge >= 0.3 is 5.97 Å². The Kier molecular flexibility index (Phi) is 4.85. The van der Waals surface area contributed by atoms with Crippen molar-refractivity contribution < 1.29 is 14.3 Å². The van der Waals surface area contributed by atoms with Crippen molar-refractivity contribution in [3.63, 3.8) is 0 Å². The Morgan fingerprint density at radius 1 is 1.48 bits per heavy atom. The Balaban J connectivity index is 1.88. The van der Waals surface area contributed by atoms with E-state index in [0.717, 1.165) is 16.6 Å². The van der Waals surface area contributed by atoms with Crippen molar-refractivity contribution in [3.8, 4) is 0 Å². The fourth-order valence-electron chi connectivity index (χ4n) is 2.02. The largest absolute Gasteiger partial charge is 0.442 e. The third-order valence-corrected chi connectivity index (χ3v) is 3.08. The second kappa shape index (κ2) is 6.62. The average Bonchev–Trinajstić information content (AvgIpc) is 2.74. The van der Waals surface area contributed by atoms with Crippen molar-refractivity contribution in [1.82, 2.24) is 15.3 Å². The summed E-state index contributed by atoms with van der Waals surface area (Å²) in [6, 6.07) is 5.74. The summed E-state index contributed by atoms with van der Waals surface area (Å²) in [6.07, 6.45) is 0.191. The molecule has 0 aliphatic carbocycles. The van der Waals surface area contributed by atoms with Gasteiger partial charge in [0, 0.05) is 13.3 Å². The monoisotopic (exact) mass is 307 g/mol. The number of imidazole rings is 1. The number of thiol groups is 1. The van der Waals surface area contributed by atoms with E-state index in [0.29, 0.717) is 11.6 Å². The first-order valence-corrected chi connectivity index (χ1v) is 7.03. The molecule has 1 atom stereocenters. The lowest BCUT2D eigenvalue weighted by Gasteiger charge is -2.13. The molecule has 0 fully saturated rings. The molecule has 1 aromatic heterocycles. The van der Waals surface area contributed by atoms with E-state index in [4.69, 9.17) is 4.74 Å². The van der Waals surface area contributed by atoms with Gasteiger partial charge in [0.05, 0.1) is 11.0 Å². The lowest BCUT2D eigenvalue weighted by Crippen LogP contribution is -2.34. The van der Waals surface area contributed by atoms with E-state index in [-0.39, 0.29) is 18.3 Å². The zero-order valence-corrected chi connectivity index (χ0v) is 12.7. The van der Waals surface area contributed by atoms with Gasteiger partial charge in [0.2, 0.25) is 5.91 Å². The number of carbonyl (C=O) groups is 2. The van der Waals surface area contributed by atoms with Crippen molar-refractivity contribution in [3.05, 3.63) is 23.8 Å². The van der Waals surface area contributed by atoms with Crippen LogP contribution in [0.25, 0.3) is 11.0 Å². The molecule has 1 amide bonds. The molecule has 0 aliphatic rings. The number of carbonyl (C=O) groups excluding carboxylic acids is 2. The molecular weight excluding hydrogens is 290 g/mol. The van der Waals surface area contributed by atoms with Gasteiger partial charge in [-0.2, -0.15) is 0 Å². The number of amides is 1. The van der Waals surface area contributed by atoms with Gasteiger partial charge in [-0.15, -0.1) is 12.6 Å². The zero-order valence-electron chi connectivity index (χ0n) is 11.8. The highest BCUT2D eigenvalue weighted by Gasteiger charge is 2.10. The third kappa shape index (κ3) is 4.49. The molecule has 6 nitrogen and oxygen atoms in total. The number of fused-ring (bicyclic) bond motifs is 1. The number of nitrogens with zero attached hydrogens (tertiary/aromatic N) is 1. The number of aromatic amines is 1. The number of nitrogens with one attached hydrogen (secondary N) is 2. The number of benzene rings is 1. The predicted octanol–water partition coefficient (Wildman–Crippen LogP) is 1.81. The Bertz CT molecular complexity index is 669. The van der Waals surface area contributed by atoms with Crippen molar-refractivity contribution >= 4 is 35.5 Å². The second-order valence-corrected chi connectivity index (χ2v) is 5.17. The minimum atomic E-state index is -0.614. The van der Waals surface area contributed by atoms with Crippen LogP contribution in [0.4, 0.5) is 0 Å². The molecule has 0 spiro atoms.